The lowest BCUT2D eigenvalue weighted by Gasteiger charge is -2.20. The number of carbonyl (C=O) groups is 1. The van der Waals surface area contributed by atoms with E-state index >= 15 is 0 Å². The maximum absolute atomic E-state index is 11.7. The first-order valence-electron chi connectivity index (χ1n) is 7.11. The number of amides is 1. The summed E-state index contributed by atoms with van der Waals surface area (Å²) < 4.78 is 5.21. The van der Waals surface area contributed by atoms with Gasteiger partial charge in [0.25, 0.3) is 0 Å². The van der Waals surface area contributed by atoms with E-state index in [0.29, 0.717) is 24.4 Å². The van der Waals surface area contributed by atoms with Crippen LogP contribution in [-0.2, 0) is 11.3 Å². The minimum Gasteiger partial charge on any atom is -0.445 e. The van der Waals surface area contributed by atoms with E-state index in [4.69, 9.17) is 4.74 Å². The molecule has 1 fully saturated rings. The highest BCUT2D eigenvalue weighted by molar-refractivity contribution is 5.67. The van der Waals surface area contributed by atoms with Crippen molar-refractivity contribution >= 4 is 6.09 Å². The van der Waals surface area contributed by atoms with E-state index in [9.17, 15) is 4.79 Å². The second kappa shape index (κ2) is 6.60. The molecule has 1 aliphatic carbocycles. The Balaban J connectivity index is 1.70. The van der Waals surface area contributed by atoms with Gasteiger partial charge >= 0.3 is 6.09 Å². The molecule has 1 aliphatic rings. The molecule has 1 N–H and O–H groups in total. The van der Waals surface area contributed by atoms with Crippen LogP contribution in [0.1, 0.15) is 32.3 Å². The lowest BCUT2D eigenvalue weighted by atomic mass is 9.92. The fourth-order valence-corrected chi connectivity index (χ4v) is 2.89. The van der Waals surface area contributed by atoms with Gasteiger partial charge in [0.1, 0.15) is 6.61 Å². The van der Waals surface area contributed by atoms with Crippen molar-refractivity contribution in [3.05, 3.63) is 35.9 Å². The van der Waals surface area contributed by atoms with E-state index in [1.165, 1.54) is 12.8 Å². The molecule has 0 radical (unpaired) electrons. The van der Waals surface area contributed by atoms with Gasteiger partial charge in [0, 0.05) is 6.54 Å². The smallest absolute Gasteiger partial charge is 0.407 e. The molecule has 1 saturated carbocycles. The normalized spacial score (nSPS) is 26.1. The highest BCUT2D eigenvalue weighted by Gasteiger charge is 2.30. The third-order valence-corrected chi connectivity index (χ3v) is 4.23. The van der Waals surface area contributed by atoms with Crippen molar-refractivity contribution in [1.29, 1.82) is 0 Å². The Hall–Kier alpha value is -1.51. The minimum absolute atomic E-state index is 0.310. The lowest BCUT2D eigenvalue weighted by Crippen LogP contribution is -2.32. The molecular formula is C16H23NO2. The number of alkyl carbamates (subject to hydrolysis) is 1. The van der Waals surface area contributed by atoms with Gasteiger partial charge in [-0.05, 0) is 23.3 Å². The highest BCUT2D eigenvalue weighted by Crippen LogP contribution is 2.35. The number of carbonyl (C=O) groups excluding carboxylic acids is 1. The summed E-state index contributed by atoms with van der Waals surface area (Å²) in [5.74, 6) is 1.98. The molecule has 2 rings (SSSR count). The summed E-state index contributed by atoms with van der Waals surface area (Å²) >= 11 is 0. The van der Waals surface area contributed by atoms with Crippen LogP contribution < -0.4 is 5.32 Å². The van der Waals surface area contributed by atoms with Crippen LogP contribution in [0, 0.1) is 17.8 Å². The molecule has 0 spiro atoms. The zero-order valence-electron chi connectivity index (χ0n) is 11.8. The first-order valence-corrected chi connectivity index (χ1v) is 7.11. The van der Waals surface area contributed by atoms with Gasteiger partial charge in [-0.15, -0.1) is 0 Å². The average molecular weight is 261 g/mol. The van der Waals surface area contributed by atoms with Crippen LogP contribution in [0.4, 0.5) is 4.79 Å². The molecule has 3 nitrogen and oxygen atoms in total. The Morgan fingerprint density at radius 1 is 1.21 bits per heavy atom. The average Bonchev–Trinajstić information content (AvgIpc) is 2.75. The fourth-order valence-electron chi connectivity index (χ4n) is 2.89. The van der Waals surface area contributed by atoms with E-state index in [1.807, 2.05) is 30.3 Å². The Kier molecular flexibility index (Phi) is 4.83. The second-order valence-corrected chi connectivity index (χ2v) is 5.64. The topological polar surface area (TPSA) is 38.3 Å². The van der Waals surface area contributed by atoms with Crippen LogP contribution in [0.25, 0.3) is 0 Å². The quantitative estimate of drug-likeness (QED) is 0.899. The van der Waals surface area contributed by atoms with Crippen molar-refractivity contribution in [2.45, 2.75) is 33.3 Å². The molecular weight excluding hydrogens is 238 g/mol. The van der Waals surface area contributed by atoms with Crippen molar-refractivity contribution in [1.82, 2.24) is 5.32 Å². The summed E-state index contributed by atoms with van der Waals surface area (Å²) in [5.41, 5.74) is 1.01. The summed E-state index contributed by atoms with van der Waals surface area (Å²) in [7, 11) is 0. The van der Waals surface area contributed by atoms with Gasteiger partial charge in [-0.3, -0.25) is 0 Å². The molecule has 1 amide bonds. The maximum atomic E-state index is 11.7. The summed E-state index contributed by atoms with van der Waals surface area (Å²) in [6.07, 6.45) is 2.23. The molecule has 3 heteroatoms. The first-order chi connectivity index (χ1) is 9.16. The molecule has 3 atom stereocenters. The van der Waals surface area contributed by atoms with Gasteiger partial charge in [0.15, 0.2) is 0 Å². The Morgan fingerprint density at radius 3 is 2.47 bits per heavy atom. The van der Waals surface area contributed by atoms with Crippen LogP contribution in [0.15, 0.2) is 30.3 Å². The lowest BCUT2D eigenvalue weighted by molar-refractivity contribution is 0.136. The van der Waals surface area contributed by atoms with Gasteiger partial charge in [0.2, 0.25) is 0 Å². The van der Waals surface area contributed by atoms with Crippen LogP contribution in [0.3, 0.4) is 0 Å². The van der Waals surface area contributed by atoms with Crippen LogP contribution in [0.5, 0.6) is 0 Å². The molecule has 0 heterocycles. The van der Waals surface area contributed by atoms with Gasteiger partial charge in [-0.2, -0.15) is 0 Å². The number of rotatable bonds is 4. The molecule has 0 aliphatic heterocycles. The number of nitrogens with one attached hydrogen (secondary N) is 1. The summed E-state index contributed by atoms with van der Waals surface area (Å²) in [6.45, 7) is 5.61. The van der Waals surface area contributed by atoms with Crippen molar-refractivity contribution in [2.24, 2.45) is 17.8 Å². The Bertz CT molecular complexity index is 394. The fraction of sp³-hybridized carbons (Fsp3) is 0.562. The van der Waals surface area contributed by atoms with E-state index in [-0.39, 0.29) is 6.09 Å². The van der Waals surface area contributed by atoms with Gasteiger partial charge in [-0.1, -0.05) is 57.0 Å². The van der Waals surface area contributed by atoms with Gasteiger partial charge < -0.3 is 10.1 Å². The Labute approximate surface area is 115 Å². The van der Waals surface area contributed by atoms with E-state index in [2.05, 4.69) is 19.2 Å². The molecule has 19 heavy (non-hydrogen) atoms. The maximum Gasteiger partial charge on any atom is 0.407 e. The molecule has 0 aromatic heterocycles. The zero-order chi connectivity index (χ0) is 13.7. The minimum atomic E-state index is -0.310. The molecule has 104 valence electrons. The third kappa shape index (κ3) is 3.98. The first kappa shape index (κ1) is 13.9. The number of ether oxygens (including phenoxy) is 1. The predicted molar refractivity (Wildman–Crippen MR) is 75.7 cm³/mol. The van der Waals surface area contributed by atoms with Gasteiger partial charge in [0.05, 0.1) is 0 Å². The Morgan fingerprint density at radius 2 is 1.84 bits per heavy atom. The number of hydrogen-bond acceptors (Lipinski definition) is 2. The van der Waals surface area contributed by atoms with Crippen molar-refractivity contribution in [2.75, 3.05) is 6.54 Å². The SMILES string of the molecule is CC1CC[C@@H](C)C1CNC(=O)OCc1ccccc1. The van der Waals surface area contributed by atoms with E-state index in [1.54, 1.807) is 0 Å². The van der Waals surface area contributed by atoms with Crippen molar-refractivity contribution in [3.63, 3.8) is 0 Å². The number of hydrogen-bond donors (Lipinski definition) is 1. The van der Waals surface area contributed by atoms with E-state index in [0.717, 1.165) is 12.1 Å². The highest BCUT2D eigenvalue weighted by atomic mass is 16.5. The third-order valence-electron chi connectivity index (χ3n) is 4.23. The van der Waals surface area contributed by atoms with Gasteiger partial charge in [-0.25, -0.2) is 4.79 Å². The van der Waals surface area contributed by atoms with Crippen molar-refractivity contribution < 1.29 is 9.53 Å². The monoisotopic (exact) mass is 261 g/mol. The summed E-state index contributed by atoms with van der Waals surface area (Å²) in [5, 5.41) is 2.89. The number of benzene rings is 1. The van der Waals surface area contributed by atoms with Crippen LogP contribution in [-0.4, -0.2) is 12.6 Å². The zero-order valence-corrected chi connectivity index (χ0v) is 11.8. The van der Waals surface area contributed by atoms with Crippen molar-refractivity contribution in [3.8, 4) is 0 Å². The molecule has 0 bridgehead atoms. The predicted octanol–water partition coefficient (Wildman–Crippen LogP) is 3.60. The molecule has 1 aromatic carbocycles. The standard InChI is InChI=1S/C16H23NO2/c1-12-8-9-13(2)15(12)10-17-16(18)19-11-14-6-4-3-5-7-14/h3-7,12-13,15H,8-11H2,1-2H3,(H,17,18)/t12-,13?,15?/m1/s1. The van der Waals surface area contributed by atoms with E-state index < -0.39 is 0 Å². The summed E-state index contributed by atoms with van der Waals surface area (Å²) in [6, 6.07) is 9.74. The van der Waals surface area contributed by atoms with Crippen LogP contribution >= 0.6 is 0 Å². The molecule has 2 unspecified atom stereocenters. The van der Waals surface area contributed by atoms with Crippen LogP contribution in [0.2, 0.25) is 0 Å². The molecule has 1 aromatic rings. The second-order valence-electron chi connectivity index (χ2n) is 5.64. The summed E-state index contributed by atoms with van der Waals surface area (Å²) in [4.78, 5) is 11.7. The largest absolute Gasteiger partial charge is 0.445 e. The molecule has 0 saturated heterocycles.